The molecule has 9 nitrogen and oxygen atoms in total. The van der Waals surface area contributed by atoms with Crippen LogP contribution in [0.5, 0.6) is 11.5 Å². The third-order valence-corrected chi connectivity index (χ3v) is 4.56. The number of rotatable bonds is 7. The summed E-state index contributed by atoms with van der Waals surface area (Å²) in [5.41, 5.74) is -0.428. The fourth-order valence-corrected chi connectivity index (χ4v) is 3.13. The molecular formula is C18H25N3O6. The van der Waals surface area contributed by atoms with Crippen molar-refractivity contribution in [2.75, 3.05) is 33.9 Å². The second-order valence-electron chi connectivity index (χ2n) is 6.36. The summed E-state index contributed by atoms with van der Waals surface area (Å²) < 4.78 is 10.3. The monoisotopic (exact) mass is 379 g/mol. The number of nitrogens with one attached hydrogen (secondary N) is 1. The minimum absolute atomic E-state index is 0.0766. The van der Waals surface area contributed by atoms with Crippen LogP contribution in [0.4, 0.5) is 5.69 Å². The molecule has 148 valence electrons. The van der Waals surface area contributed by atoms with Crippen molar-refractivity contribution < 1.29 is 24.0 Å². The summed E-state index contributed by atoms with van der Waals surface area (Å²) in [6.07, 6.45) is 2.18. The van der Waals surface area contributed by atoms with Gasteiger partial charge in [0.15, 0.2) is 11.5 Å². The van der Waals surface area contributed by atoms with Gasteiger partial charge in [-0.2, -0.15) is 0 Å². The van der Waals surface area contributed by atoms with Gasteiger partial charge in [-0.25, -0.2) is 0 Å². The first-order chi connectivity index (χ1) is 12.9. The Bertz CT molecular complexity index is 721. The normalized spacial score (nSPS) is 16.6. The molecule has 1 aromatic carbocycles. The number of likely N-dealkylation sites (tertiary alicyclic amines) is 1. The zero-order valence-corrected chi connectivity index (χ0v) is 15.8. The van der Waals surface area contributed by atoms with Gasteiger partial charge in [-0.1, -0.05) is 6.92 Å². The topological polar surface area (TPSA) is 111 Å². The second kappa shape index (κ2) is 9.20. The summed E-state index contributed by atoms with van der Waals surface area (Å²) >= 11 is 0. The maximum atomic E-state index is 13.0. The molecule has 0 spiro atoms. The Morgan fingerprint density at radius 1 is 1.30 bits per heavy atom. The van der Waals surface area contributed by atoms with Gasteiger partial charge >= 0.3 is 0 Å². The fraction of sp³-hybridized carbons (Fsp3) is 0.556. The zero-order chi connectivity index (χ0) is 20.0. The molecule has 27 heavy (non-hydrogen) atoms. The number of piperidine rings is 1. The van der Waals surface area contributed by atoms with Crippen LogP contribution in [0, 0.1) is 16.0 Å². The van der Waals surface area contributed by atoms with E-state index in [0.29, 0.717) is 25.9 Å². The minimum Gasteiger partial charge on any atom is -0.493 e. The van der Waals surface area contributed by atoms with Crippen molar-refractivity contribution >= 4 is 17.5 Å². The quantitative estimate of drug-likeness (QED) is 0.573. The van der Waals surface area contributed by atoms with E-state index >= 15 is 0 Å². The number of ether oxygens (including phenoxy) is 2. The molecule has 1 N–H and O–H groups in total. The van der Waals surface area contributed by atoms with Crippen molar-refractivity contribution in [1.82, 2.24) is 10.2 Å². The Balaban J connectivity index is 2.28. The van der Waals surface area contributed by atoms with E-state index in [0.717, 1.165) is 6.42 Å². The van der Waals surface area contributed by atoms with Crippen LogP contribution in [-0.4, -0.2) is 55.5 Å². The van der Waals surface area contributed by atoms with E-state index in [1.54, 1.807) is 0 Å². The third kappa shape index (κ3) is 4.66. The number of carbonyl (C=O) groups excluding carboxylic acids is 2. The van der Waals surface area contributed by atoms with Crippen LogP contribution in [0.3, 0.4) is 0 Å². The van der Waals surface area contributed by atoms with Crippen LogP contribution in [0.25, 0.3) is 0 Å². The molecular weight excluding hydrogens is 354 g/mol. The molecule has 1 fully saturated rings. The fourth-order valence-electron chi connectivity index (χ4n) is 3.13. The summed E-state index contributed by atoms with van der Waals surface area (Å²) in [6, 6.07) is 2.50. The van der Waals surface area contributed by atoms with Gasteiger partial charge in [0.2, 0.25) is 5.91 Å². The van der Waals surface area contributed by atoms with E-state index in [-0.39, 0.29) is 41.1 Å². The SMILES string of the molecule is CCCNC(=O)C1CCCN(C(=O)c2cc(OC)c(OC)cc2[N+](=O)[O-])C1. The van der Waals surface area contributed by atoms with Crippen molar-refractivity contribution in [3.63, 3.8) is 0 Å². The van der Waals surface area contributed by atoms with Crippen LogP contribution in [0.15, 0.2) is 12.1 Å². The predicted octanol–water partition coefficient (Wildman–Crippen LogP) is 1.99. The Morgan fingerprint density at radius 2 is 1.96 bits per heavy atom. The first-order valence-electron chi connectivity index (χ1n) is 8.90. The number of nitrogens with zero attached hydrogens (tertiary/aromatic N) is 2. The van der Waals surface area contributed by atoms with Crippen LogP contribution in [0.1, 0.15) is 36.5 Å². The van der Waals surface area contributed by atoms with Crippen molar-refractivity contribution in [2.45, 2.75) is 26.2 Å². The number of hydrogen-bond donors (Lipinski definition) is 1. The van der Waals surface area contributed by atoms with Gasteiger partial charge < -0.3 is 19.7 Å². The molecule has 1 aliphatic rings. The first-order valence-corrected chi connectivity index (χ1v) is 8.90. The summed E-state index contributed by atoms with van der Waals surface area (Å²) in [7, 11) is 2.76. The summed E-state index contributed by atoms with van der Waals surface area (Å²) in [5.74, 6) is -0.475. The molecule has 1 heterocycles. The zero-order valence-electron chi connectivity index (χ0n) is 15.8. The van der Waals surface area contributed by atoms with Crippen LogP contribution >= 0.6 is 0 Å². The van der Waals surface area contributed by atoms with E-state index in [1.165, 1.54) is 31.3 Å². The predicted molar refractivity (Wildman–Crippen MR) is 98.1 cm³/mol. The molecule has 1 aromatic rings. The summed E-state index contributed by atoms with van der Waals surface area (Å²) in [6.45, 7) is 3.24. The maximum absolute atomic E-state index is 13.0. The van der Waals surface area contributed by atoms with E-state index in [2.05, 4.69) is 5.32 Å². The van der Waals surface area contributed by atoms with Crippen molar-refractivity contribution in [3.8, 4) is 11.5 Å². The van der Waals surface area contributed by atoms with Gasteiger partial charge in [-0.05, 0) is 19.3 Å². The Labute approximate surface area is 157 Å². The molecule has 0 saturated carbocycles. The highest BCUT2D eigenvalue weighted by molar-refractivity contribution is 5.99. The van der Waals surface area contributed by atoms with Crippen molar-refractivity contribution in [1.29, 1.82) is 0 Å². The highest BCUT2D eigenvalue weighted by Gasteiger charge is 2.32. The molecule has 1 unspecified atom stereocenters. The summed E-state index contributed by atoms with van der Waals surface area (Å²) in [4.78, 5) is 37.5. The Hall–Kier alpha value is -2.84. The number of nitro benzene ring substituents is 1. The average Bonchev–Trinajstić information content (AvgIpc) is 2.70. The number of carbonyl (C=O) groups is 2. The van der Waals surface area contributed by atoms with Gasteiger partial charge in [-0.3, -0.25) is 19.7 Å². The van der Waals surface area contributed by atoms with E-state index in [9.17, 15) is 19.7 Å². The first kappa shape index (κ1) is 20.5. The molecule has 0 aliphatic carbocycles. The maximum Gasteiger partial charge on any atom is 0.286 e. The standard InChI is InChI=1S/C18H25N3O6/c1-4-7-19-17(22)12-6-5-8-20(11-12)18(23)13-9-15(26-2)16(27-3)10-14(13)21(24)25/h9-10,12H,4-8,11H2,1-3H3,(H,19,22). The number of amides is 2. The van der Waals surface area contributed by atoms with Gasteiger partial charge in [0.25, 0.3) is 11.6 Å². The molecule has 0 radical (unpaired) electrons. The highest BCUT2D eigenvalue weighted by atomic mass is 16.6. The van der Waals surface area contributed by atoms with Crippen molar-refractivity contribution in [3.05, 3.63) is 27.8 Å². The lowest BCUT2D eigenvalue weighted by atomic mass is 9.96. The van der Waals surface area contributed by atoms with Gasteiger partial charge in [0, 0.05) is 25.7 Å². The minimum atomic E-state index is -0.620. The second-order valence-corrected chi connectivity index (χ2v) is 6.36. The van der Waals surface area contributed by atoms with E-state index in [4.69, 9.17) is 9.47 Å². The average molecular weight is 379 g/mol. The van der Waals surface area contributed by atoms with E-state index in [1.807, 2.05) is 6.92 Å². The van der Waals surface area contributed by atoms with E-state index < -0.39 is 10.8 Å². The number of nitro groups is 1. The Kier molecular flexibility index (Phi) is 6.98. The molecule has 0 aromatic heterocycles. The van der Waals surface area contributed by atoms with Crippen LogP contribution in [-0.2, 0) is 4.79 Å². The van der Waals surface area contributed by atoms with Crippen LogP contribution < -0.4 is 14.8 Å². The molecule has 0 bridgehead atoms. The molecule has 1 saturated heterocycles. The van der Waals surface area contributed by atoms with Gasteiger partial charge in [0.1, 0.15) is 5.56 Å². The smallest absolute Gasteiger partial charge is 0.286 e. The largest absolute Gasteiger partial charge is 0.493 e. The molecule has 9 heteroatoms. The van der Waals surface area contributed by atoms with Crippen LogP contribution in [0.2, 0.25) is 0 Å². The lowest BCUT2D eigenvalue weighted by Gasteiger charge is -2.32. The molecule has 2 amide bonds. The number of benzene rings is 1. The molecule has 1 aliphatic heterocycles. The van der Waals surface area contributed by atoms with Crippen molar-refractivity contribution in [2.24, 2.45) is 5.92 Å². The number of methoxy groups -OCH3 is 2. The van der Waals surface area contributed by atoms with Gasteiger partial charge in [-0.15, -0.1) is 0 Å². The molecule has 2 rings (SSSR count). The highest BCUT2D eigenvalue weighted by Crippen LogP contribution is 2.35. The summed E-state index contributed by atoms with van der Waals surface area (Å²) in [5, 5.41) is 14.3. The molecule has 1 atom stereocenters. The third-order valence-electron chi connectivity index (χ3n) is 4.56. The van der Waals surface area contributed by atoms with Gasteiger partial charge in [0.05, 0.1) is 31.1 Å². The Morgan fingerprint density at radius 3 is 2.56 bits per heavy atom. The lowest BCUT2D eigenvalue weighted by molar-refractivity contribution is -0.385. The lowest BCUT2D eigenvalue weighted by Crippen LogP contribution is -2.45. The number of hydrogen-bond acceptors (Lipinski definition) is 6.